The molecule has 1 aliphatic carbocycles. The first kappa shape index (κ1) is 18.2. The number of carbonyl (C=O) groups is 1. The number of nitrogens with one attached hydrogen (secondary N) is 1. The lowest BCUT2D eigenvalue weighted by Gasteiger charge is -2.26. The standard InChI is InChI=1S/C17H30N4OS/c1-12(11-21-14(3)8-13(2)19-21)10-18-17(22)20(4)15-6-7-16(9-15)23-5/h8,12,15-16H,6-7,9-11H2,1-5H3,(H,18,22)/t12-,15-,16-/m1/s1. The van der Waals surface area contributed by atoms with Crippen molar-refractivity contribution in [1.82, 2.24) is 20.0 Å². The molecule has 0 unspecified atom stereocenters. The molecule has 1 saturated carbocycles. The first-order valence-electron chi connectivity index (χ1n) is 8.45. The van der Waals surface area contributed by atoms with E-state index in [2.05, 4.69) is 36.6 Å². The van der Waals surface area contributed by atoms with Gasteiger partial charge in [0.05, 0.1) is 5.69 Å². The van der Waals surface area contributed by atoms with E-state index in [1.54, 1.807) is 0 Å². The number of aromatic nitrogens is 2. The van der Waals surface area contributed by atoms with Crippen molar-refractivity contribution >= 4 is 17.8 Å². The van der Waals surface area contributed by atoms with Gasteiger partial charge in [-0.1, -0.05) is 6.92 Å². The van der Waals surface area contributed by atoms with Crippen molar-refractivity contribution in [3.05, 3.63) is 17.5 Å². The minimum absolute atomic E-state index is 0.0528. The lowest BCUT2D eigenvalue weighted by atomic mass is 10.2. The van der Waals surface area contributed by atoms with E-state index in [1.807, 2.05) is 35.3 Å². The molecule has 0 spiro atoms. The predicted molar refractivity (Wildman–Crippen MR) is 97.0 cm³/mol. The van der Waals surface area contributed by atoms with Crippen molar-refractivity contribution < 1.29 is 4.79 Å². The Kier molecular flexibility index (Phi) is 6.39. The van der Waals surface area contributed by atoms with Gasteiger partial charge in [0.25, 0.3) is 0 Å². The third kappa shape index (κ3) is 4.90. The molecule has 1 aromatic heterocycles. The number of urea groups is 1. The number of rotatable bonds is 6. The molecule has 2 rings (SSSR count). The minimum Gasteiger partial charge on any atom is -0.338 e. The van der Waals surface area contributed by atoms with Crippen LogP contribution in [-0.4, -0.2) is 51.9 Å². The highest BCUT2D eigenvalue weighted by molar-refractivity contribution is 7.99. The molecule has 0 bridgehead atoms. The van der Waals surface area contributed by atoms with Gasteiger partial charge in [-0.05, 0) is 51.3 Å². The number of hydrogen-bond acceptors (Lipinski definition) is 3. The Bertz CT molecular complexity index is 531. The van der Waals surface area contributed by atoms with E-state index in [4.69, 9.17) is 0 Å². The number of aryl methyl sites for hydroxylation is 2. The summed E-state index contributed by atoms with van der Waals surface area (Å²) in [5.41, 5.74) is 2.22. The van der Waals surface area contributed by atoms with Gasteiger partial charge >= 0.3 is 6.03 Å². The van der Waals surface area contributed by atoms with Crippen molar-refractivity contribution in [3.8, 4) is 0 Å². The second kappa shape index (κ2) is 8.08. The molecule has 1 fully saturated rings. The highest BCUT2D eigenvalue weighted by Gasteiger charge is 2.29. The maximum absolute atomic E-state index is 12.3. The molecule has 130 valence electrons. The molecule has 5 nitrogen and oxygen atoms in total. The Morgan fingerprint density at radius 2 is 2.26 bits per heavy atom. The zero-order valence-electron chi connectivity index (χ0n) is 15.0. The lowest BCUT2D eigenvalue weighted by molar-refractivity contribution is 0.189. The molecule has 0 saturated heterocycles. The highest BCUT2D eigenvalue weighted by Crippen LogP contribution is 2.30. The Morgan fingerprint density at radius 1 is 1.52 bits per heavy atom. The van der Waals surface area contributed by atoms with Crippen LogP contribution in [0, 0.1) is 19.8 Å². The van der Waals surface area contributed by atoms with Gasteiger partial charge in [0.15, 0.2) is 0 Å². The van der Waals surface area contributed by atoms with Gasteiger partial charge in [-0.15, -0.1) is 0 Å². The number of nitrogens with zero attached hydrogens (tertiary/aromatic N) is 3. The first-order chi connectivity index (χ1) is 10.9. The van der Waals surface area contributed by atoms with Gasteiger partial charge in [0.1, 0.15) is 0 Å². The number of carbonyl (C=O) groups excluding carboxylic acids is 1. The zero-order chi connectivity index (χ0) is 17.0. The monoisotopic (exact) mass is 338 g/mol. The normalized spacial score (nSPS) is 22.1. The van der Waals surface area contributed by atoms with Crippen molar-refractivity contribution in [1.29, 1.82) is 0 Å². The van der Waals surface area contributed by atoms with Crippen LogP contribution in [0.1, 0.15) is 37.6 Å². The van der Waals surface area contributed by atoms with Gasteiger partial charge in [-0.3, -0.25) is 4.68 Å². The first-order valence-corrected chi connectivity index (χ1v) is 9.74. The largest absolute Gasteiger partial charge is 0.338 e. The van der Waals surface area contributed by atoms with Crippen molar-refractivity contribution in [2.45, 2.75) is 57.9 Å². The Labute approximate surface area is 144 Å². The zero-order valence-corrected chi connectivity index (χ0v) is 15.8. The summed E-state index contributed by atoms with van der Waals surface area (Å²) in [7, 11) is 1.92. The van der Waals surface area contributed by atoms with Crippen LogP contribution in [0.3, 0.4) is 0 Å². The van der Waals surface area contributed by atoms with Gasteiger partial charge < -0.3 is 10.2 Å². The smallest absolute Gasteiger partial charge is 0.317 e. The van der Waals surface area contributed by atoms with Crippen LogP contribution in [0.5, 0.6) is 0 Å². The van der Waals surface area contributed by atoms with E-state index >= 15 is 0 Å². The molecule has 1 heterocycles. The summed E-state index contributed by atoms with van der Waals surface area (Å²) < 4.78 is 2.02. The lowest BCUT2D eigenvalue weighted by Crippen LogP contribution is -2.44. The summed E-state index contributed by atoms with van der Waals surface area (Å²) in [5.74, 6) is 0.355. The molecular formula is C17H30N4OS. The van der Waals surface area contributed by atoms with Crippen molar-refractivity contribution in [2.75, 3.05) is 19.8 Å². The summed E-state index contributed by atoms with van der Waals surface area (Å²) in [4.78, 5) is 14.2. The van der Waals surface area contributed by atoms with Crippen LogP contribution in [0.2, 0.25) is 0 Å². The second-order valence-electron chi connectivity index (χ2n) is 6.84. The minimum atomic E-state index is 0.0528. The van der Waals surface area contributed by atoms with Gasteiger partial charge in [0, 0.05) is 37.1 Å². The van der Waals surface area contributed by atoms with E-state index < -0.39 is 0 Å². The average Bonchev–Trinajstić information content (AvgIpc) is 3.11. The molecule has 0 aromatic carbocycles. The summed E-state index contributed by atoms with van der Waals surface area (Å²) in [6.07, 6.45) is 5.62. The topological polar surface area (TPSA) is 50.2 Å². The SMILES string of the molecule is CS[C@@H]1CC[C@@H](N(C)C(=O)NC[C@@H](C)Cn2nc(C)cc2C)C1. The summed E-state index contributed by atoms with van der Waals surface area (Å²) >= 11 is 1.92. The fraction of sp³-hybridized carbons (Fsp3) is 0.765. The third-order valence-electron chi connectivity index (χ3n) is 4.75. The van der Waals surface area contributed by atoms with Crippen LogP contribution in [-0.2, 0) is 6.54 Å². The maximum Gasteiger partial charge on any atom is 0.317 e. The number of hydrogen-bond donors (Lipinski definition) is 1. The number of amides is 2. The van der Waals surface area contributed by atoms with Crippen LogP contribution in [0.15, 0.2) is 6.07 Å². The van der Waals surface area contributed by atoms with E-state index in [0.717, 1.165) is 25.1 Å². The van der Waals surface area contributed by atoms with Crippen molar-refractivity contribution in [3.63, 3.8) is 0 Å². The van der Waals surface area contributed by atoms with Crippen LogP contribution >= 0.6 is 11.8 Å². The third-order valence-corrected chi connectivity index (χ3v) is 5.84. The molecule has 6 heteroatoms. The maximum atomic E-state index is 12.3. The van der Waals surface area contributed by atoms with E-state index in [1.165, 1.54) is 12.1 Å². The summed E-state index contributed by atoms with van der Waals surface area (Å²) in [6, 6.07) is 2.53. The van der Waals surface area contributed by atoms with E-state index in [-0.39, 0.29) is 6.03 Å². The van der Waals surface area contributed by atoms with Crippen molar-refractivity contribution in [2.24, 2.45) is 5.92 Å². The molecule has 0 aliphatic heterocycles. The molecule has 23 heavy (non-hydrogen) atoms. The average molecular weight is 339 g/mol. The molecule has 1 aliphatic rings. The molecule has 0 radical (unpaired) electrons. The summed E-state index contributed by atoms with van der Waals surface area (Å²) in [6.45, 7) is 7.74. The molecule has 2 amide bonds. The van der Waals surface area contributed by atoms with Crippen LogP contribution < -0.4 is 5.32 Å². The Morgan fingerprint density at radius 3 is 2.83 bits per heavy atom. The van der Waals surface area contributed by atoms with Gasteiger partial charge in [0.2, 0.25) is 0 Å². The molecular weight excluding hydrogens is 308 g/mol. The predicted octanol–water partition coefficient (Wildman–Crippen LogP) is 3.06. The second-order valence-corrected chi connectivity index (χ2v) is 7.97. The molecule has 1 N–H and O–H groups in total. The summed E-state index contributed by atoms with van der Waals surface area (Å²) in [5, 5.41) is 8.27. The fourth-order valence-corrected chi connectivity index (χ4v) is 4.04. The van der Waals surface area contributed by atoms with E-state index in [0.29, 0.717) is 23.8 Å². The van der Waals surface area contributed by atoms with Gasteiger partial charge in [-0.25, -0.2) is 4.79 Å². The molecule has 1 aromatic rings. The van der Waals surface area contributed by atoms with E-state index in [9.17, 15) is 4.79 Å². The Balaban J connectivity index is 1.76. The molecule has 3 atom stereocenters. The highest BCUT2D eigenvalue weighted by atomic mass is 32.2. The van der Waals surface area contributed by atoms with Crippen LogP contribution in [0.25, 0.3) is 0 Å². The van der Waals surface area contributed by atoms with Gasteiger partial charge in [-0.2, -0.15) is 16.9 Å². The quantitative estimate of drug-likeness (QED) is 0.867. The fourth-order valence-electron chi connectivity index (χ4n) is 3.25. The Hall–Kier alpha value is -1.17. The van der Waals surface area contributed by atoms with Crippen LogP contribution in [0.4, 0.5) is 4.79 Å². The number of thioether (sulfide) groups is 1.